The van der Waals surface area contributed by atoms with E-state index in [1.165, 1.54) is 31.4 Å². The van der Waals surface area contributed by atoms with E-state index in [0.29, 0.717) is 6.04 Å². The molecule has 1 saturated carbocycles. The molecule has 1 heterocycles. The van der Waals surface area contributed by atoms with E-state index in [0.717, 1.165) is 23.2 Å². The molecule has 2 atom stereocenters. The average Bonchev–Trinajstić information content (AvgIpc) is 2.88. The molecule has 0 spiro atoms. The molecule has 1 aromatic carbocycles. The number of nitrogens with zero attached hydrogens (tertiary/aromatic N) is 2. The van der Waals surface area contributed by atoms with Gasteiger partial charge >= 0.3 is 120 Å². The Labute approximate surface area is 120 Å². The van der Waals surface area contributed by atoms with E-state index in [9.17, 15) is 0 Å². The van der Waals surface area contributed by atoms with E-state index >= 15 is 0 Å². The first-order chi connectivity index (χ1) is 9.25. The molecule has 1 aromatic rings. The Bertz CT molecular complexity index is 532. The van der Waals surface area contributed by atoms with Gasteiger partial charge in [-0.2, -0.15) is 0 Å². The van der Waals surface area contributed by atoms with E-state index in [1.807, 2.05) is 0 Å². The van der Waals surface area contributed by atoms with Gasteiger partial charge in [-0.25, -0.2) is 0 Å². The summed E-state index contributed by atoms with van der Waals surface area (Å²) in [5.74, 6) is 1.54. The Morgan fingerprint density at radius 3 is 2.89 bits per heavy atom. The van der Waals surface area contributed by atoms with Crippen LogP contribution in [0.3, 0.4) is 0 Å². The quantitative estimate of drug-likeness (QED) is 0.820. The van der Waals surface area contributed by atoms with Crippen molar-refractivity contribution in [2.75, 3.05) is 5.32 Å². The van der Waals surface area contributed by atoms with Crippen LogP contribution < -0.4 is 5.32 Å². The van der Waals surface area contributed by atoms with Crippen LogP contribution in [0.1, 0.15) is 39.5 Å². The van der Waals surface area contributed by atoms with Crippen molar-refractivity contribution in [3.8, 4) is 0 Å². The number of anilines is 1. The van der Waals surface area contributed by atoms with Crippen LogP contribution in [0.4, 0.5) is 17.1 Å². The van der Waals surface area contributed by atoms with Crippen LogP contribution >= 0.6 is 0 Å². The van der Waals surface area contributed by atoms with E-state index in [2.05, 4.69) is 45.3 Å². The average molecular weight is 322 g/mol. The molecule has 0 amide bonds. The van der Waals surface area contributed by atoms with Crippen LogP contribution in [0, 0.1) is 11.8 Å². The van der Waals surface area contributed by atoms with Gasteiger partial charge in [-0.15, -0.1) is 0 Å². The van der Waals surface area contributed by atoms with Gasteiger partial charge < -0.3 is 0 Å². The molecular weight excluding hydrogens is 301 g/mol. The molecule has 0 aromatic heterocycles. The molecule has 3 nitrogen and oxygen atoms in total. The zero-order valence-corrected chi connectivity index (χ0v) is 13.3. The Morgan fingerprint density at radius 1 is 1.21 bits per heavy atom. The number of rotatable bonds is 3. The summed E-state index contributed by atoms with van der Waals surface area (Å²) in [6.07, 6.45) is 5.38. The van der Waals surface area contributed by atoms with Crippen LogP contribution in [0.15, 0.2) is 26.1 Å². The number of benzene rings is 1. The second-order valence-corrected chi connectivity index (χ2v) is 6.99. The van der Waals surface area contributed by atoms with Crippen molar-refractivity contribution in [2.45, 2.75) is 45.6 Å². The number of fused-ring (bicyclic) bond motifs is 1. The summed E-state index contributed by atoms with van der Waals surface area (Å²) in [6.45, 7) is 4.70. The van der Waals surface area contributed by atoms with Gasteiger partial charge in [0.05, 0.1) is 0 Å². The minimum absolute atomic E-state index is 0.0597. The standard InChI is InChI=1S/C15H21N3Se/c1-10(2)11-6-3-4-7-12(11)16-13-8-5-9-14-15(13)18-19-17-14/h5,8-12,16H,3-4,6-7H2,1-2H3. The van der Waals surface area contributed by atoms with Crippen molar-refractivity contribution in [3.05, 3.63) is 18.2 Å². The summed E-state index contributed by atoms with van der Waals surface area (Å²) in [6, 6.07) is 6.92. The second-order valence-electron chi connectivity index (χ2n) is 5.88. The van der Waals surface area contributed by atoms with Crippen molar-refractivity contribution in [1.29, 1.82) is 0 Å². The summed E-state index contributed by atoms with van der Waals surface area (Å²) in [4.78, 5) is 0. The Morgan fingerprint density at radius 2 is 2.05 bits per heavy atom. The summed E-state index contributed by atoms with van der Waals surface area (Å²) in [5.41, 5.74) is 3.36. The first-order valence-corrected chi connectivity index (χ1v) is 8.77. The molecule has 3 rings (SSSR count). The predicted molar refractivity (Wildman–Crippen MR) is 80.6 cm³/mol. The van der Waals surface area contributed by atoms with Crippen LogP contribution in [-0.4, -0.2) is 20.6 Å². The number of hydrogen-bond donors (Lipinski definition) is 1. The third-order valence-corrected chi connectivity index (χ3v) is 5.44. The molecule has 1 aliphatic heterocycles. The Hall–Kier alpha value is -0.861. The fourth-order valence-corrected chi connectivity index (χ4v) is 4.41. The van der Waals surface area contributed by atoms with E-state index in [4.69, 9.17) is 0 Å². The molecule has 19 heavy (non-hydrogen) atoms. The maximum absolute atomic E-state index is 4.57. The molecule has 1 fully saturated rings. The molecule has 1 N–H and O–H groups in total. The topological polar surface area (TPSA) is 36.8 Å². The van der Waals surface area contributed by atoms with Crippen molar-refractivity contribution >= 4 is 31.6 Å². The van der Waals surface area contributed by atoms with Gasteiger partial charge in [0.25, 0.3) is 0 Å². The Kier molecular flexibility index (Phi) is 3.90. The summed E-state index contributed by atoms with van der Waals surface area (Å²) < 4.78 is 9.03. The van der Waals surface area contributed by atoms with E-state index in [-0.39, 0.29) is 14.6 Å². The van der Waals surface area contributed by atoms with Gasteiger partial charge in [-0.05, 0) is 0 Å². The first kappa shape index (κ1) is 13.1. The molecule has 0 saturated heterocycles. The zero-order chi connectivity index (χ0) is 13.2. The monoisotopic (exact) mass is 323 g/mol. The summed E-state index contributed by atoms with van der Waals surface area (Å²) in [5, 5.41) is 3.77. The van der Waals surface area contributed by atoms with Crippen LogP contribution in [0.5, 0.6) is 0 Å². The van der Waals surface area contributed by atoms with Crippen molar-refractivity contribution in [3.63, 3.8) is 0 Å². The molecule has 2 unspecified atom stereocenters. The molecule has 2 aliphatic rings. The first-order valence-electron chi connectivity index (χ1n) is 7.23. The normalized spacial score (nSPS) is 25.2. The Balaban J connectivity index is 1.81. The SMILES string of the molecule is CC(C)C1CCCCC1Nc1cccc2c1N=[Se]=N2. The molecule has 4 heteroatoms. The van der Waals surface area contributed by atoms with Crippen LogP contribution in [0.2, 0.25) is 0 Å². The summed E-state index contributed by atoms with van der Waals surface area (Å²) >= 11 is 0.0597. The fraction of sp³-hybridized carbons (Fsp3) is 0.600. The van der Waals surface area contributed by atoms with Crippen molar-refractivity contribution < 1.29 is 0 Å². The van der Waals surface area contributed by atoms with Crippen LogP contribution in [0.25, 0.3) is 0 Å². The van der Waals surface area contributed by atoms with Gasteiger partial charge in [0.1, 0.15) is 0 Å². The summed E-state index contributed by atoms with van der Waals surface area (Å²) in [7, 11) is 0. The molecule has 0 bridgehead atoms. The minimum atomic E-state index is 0.0597. The van der Waals surface area contributed by atoms with Gasteiger partial charge in [0.2, 0.25) is 0 Å². The van der Waals surface area contributed by atoms with Crippen LogP contribution in [-0.2, 0) is 0 Å². The number of hydrogen-bond acceptors (Lipinski definition) is 3. The fourth-order valence-electron chi connectivity index (χ4n) is 3.26. The molecule has 1 aliphatic carbocycles. The predicted octanol–water partition coefficient (Wildman–Crippen LogP) is 4.66. The van der Waals surface area contributed by atoms with Gasteiger partial charge in [-0.3, -0.25) is 0 Å². The van der Waals surface area contributed by atoms with Crippen molar-refractivity contribution in [1.82, 2.24) is 0 Å². The van der Waals surface area contributed by atoms with E-state index < -0.39 is 0 Å². The second kappa shape index (κ2) is 5.64. The van der Waals surface area contributed by atoms with E-state index in [1.54, 1.807) is 0 Å². The van der Waals surface area contributed by atoms with Gasteiger partial charge in [-0.1, -0.05) is 0 Å². The number of nitrogens with one attached hydrogen (secondary N) is 1. The zero-order valence-electron chi connectivity index (χ0n) is 11.6. The maximum atomic E-state index is 4.57. The van der Waals surface area contributed by atoms with Gasteiger partial charge in [0.15, 0.2) is 0 Å². The molecular formula is C15H21N3Se. The third-order valence-electron chi connectivity index (χ3n) is 4.30. The third kappa shape index (κ3) is 2.70. The molecule has 0 radical (unpaired) electrons. The molecule has 102 valence electrons. The van der Waals surface area contributed by atoms with Gasteiger partial charge in [0, 0.05) is 0 Å². The van der Waals surface area contributed by atoms with Crippen molar-refractivity contribution in [2.24, 2.45) is 19.8 Å².